The van der Waals surface area contributed by atoms with Gasteiger partial charge in [-0.05, 0) is 13.3 Å². The summed E-state index contributed by atoms with van der Waals surface area (Å²) in [7, 11) is 3.13. The van der Waals surface area contributed by atoms with Crippen LogP contribution in [-0.2, 0) is 4.74 Å². The molecule has 0 aromatic carbocycles. The molecule has 1 rings (SSSR count). The molecular weight excluding hydrogens is 264 g/mol. The average Bonchev–Trinajstić information content (AvgIpc) is 2.67. The number of nitrogens with zero attached hydrogens (tertiary/aromatic N) is 2. The second-order valence-electron chi connectivity index (χ2n) is 3.67. The van der Waals surface area contributed by atoms with Gasteiger partial charge in [0, 0.05) is 13.6 Å². The molecule has 0 fully saturated rings. The van der Waals surface area contributed by atoms with Crippen LogP contribution in [0.2, 0.25) is 5.15 Å². The highest BCUT2D eigenvalue weighted by Gasteiger charge is 2.19. The Morgan fingerprint density at radius 3 is 2.88 bits per heavy atom. The number of aliphatic hydroxyl groups is 1. The Hall–Kier alpha value is -0.850. The molecule has 1 atom stereocenters. The number of aromatic nitrogens is 1. The first kappa shape index (κ1) is 14.2. The van der Waals surface area contributed by atoms with Gasteiger partial charge in [0.15, 0.2) is 15.2 Å². The van der Waals surface area contributed by atoms with E-state index in [1.54, 1.807) is 6.92 Å². The quantitative estimate of drug-likeness (QED) is 0.832. The lowest BCUT2D eigenvalue weighted by molar-refractivity contribution is 0.0606. The number of rotatable bonds is 5. The van der Waals surface area contributed by atoms with Crippen LogP contribution in [0, 0.1) is 0 Å². The second-order valence-corrected chi connectivity index (χ2v) is 5.00. The van der Waals surface area contributed by atoms with Crippen LogP contribution in [-0.4, -0.2) is 42.9 Å². The molecule has 5 nitrogen and oxygen atoms in total. The maximum Gasteiger partial charge on any atom is 0.351 e. The second kappa shape index (κ2) is 6.18. The minimum absolute atomic E-state index is 0.153. The summed E-state index contributed by atoms with van der Waals surface area (Å²) in [5, 5.41) is 9.98. The molecule has 1 aromatic rings. The number of ether oxygens (including phenoxy) is 1. The number of halogens is 1. The number of hydrogen-bond acceptors (Lipinski definition) is 6. The molecule has 1 heterocycles. The predicted molar refractivity (Wildman–Crippen MR) is 68.0 cm³/mol. The van der Waals surface area contributed by atoms with Crippen molar-refractivity contribution in [2.75, 3.05) is 25.6 Å². The molecule has 1 N–H and O–H groups in total. The highest BCUT2D eigenvalue weighted by Crippen LogP contribution is 2.29. The summed E-state index contributed by atoms with van der Waals surface area (Å²) in [4.78, 5) is 17.6. The molecule has 0 saturated carbocycles. The molecule has 0 aliphatic heterocycles. The van der Waals surface area contributed by atoms with Crippen molar-refractivity contribution in [2.24, 2.45) is 0 Å². The molecule has 96 valence electrons. The number of anilines is 1. The lowest BCUT2D eigenvalue weighted by Gasteiger charge is -2.16. The van der Waals surface area contributed by atoms with Gasteiger partial charge in [-0.3, -0.25) is 0 Å². The van der Waals surface area contributed by atoms with Crippen LogP contribution in [0.5, 0.6) is 0 Å². The largest absolute Gasteiger partial charge is 0.465 e. The van der Waals surface area contributed by atoms with E-state index in [4.69, 9.17) is 11.6 Å². The van der Waals surface area contributed by atoms with E-state index >= 15 is 0 Å². The first-order valence-corrected chi connectivity index (χ1v) is 6.29. The van der Waals surface area contributed by atoms with Crippen molar-refractivity contribution in [1.82, 2.24) is 4.98 Å². The fourth-order valence-electron chi connectivity index (χ4n) is 1.15. The highest BCUT2D eigenvalue weighted by atomic mass is 35.5. The number of aliphatic hydroxyl groups excluding tert-OH is 1. The van der Waals surface area contributed by atoms with Gasteiger partial charge in [0.2, 0.25) is 0 Å². The van der Waals surface area contributed by atoms with E-state index in [0.717, 1.165) is 0 Å². The van der Waals surface area contributed by atoms with E-state index in [1.807, 2.05) is 11.9 Å². The summed E-state index contributed by atoms with van der Waals surface area (Å²) >= 11 is 7.03. The first-order chi connectivity index (χ1) is 7.95. The lowest BCUT2D eigenvalue weighted by Crippen LogP contribution is -2.21. The van der Waals surface area contributed by atoms with Crippen molar-refractivity contribution < 1.29 is 14.6 Å². The Morgan fingerprint density at radius 2 is 2.35 bits per heavy atom. The monoisotopic (exact) mass is 278 g/mol. The van der Waals surface area contributed by atoms with Gasteiger partial charge in [-0.2, -0.15) is 0 Å². The molecule has 0 aliphatic rings. The standard InChI is InChI=1S/C10H15ClN2O3S/c1-6(14)4-5-13(2)10-12-8(11)7(17-10)9(15)16-3/h6,14H,4-5H2,1-3H3. The Bertz CT molecular complexity index is 395. The third kappa shape index (κ3) is 3.83. The van der Waals surface area contributed by atoms with Gasteiger partial charge in [-0.25, -0.2) is 9.78 Å². The fraction of sp³-hybridized carbons (Fsp3) is 0.600. The molecule has 0 amide bonds. The molecule has 1 unspecified atom stereocenters. The predicted octanol–water partition coefficient (Wildman–Crippen LogP) is 1.79. The maximum atomic E-state index is 11.3. The van der Waals surface area contributed by atoms with Crippen molar-refractivity contribution in [3.8, 4) is 0 Å². The number of hydrogen-bond donors (Lipinski definition) is 1. The Labute approximate surface area is 109 Å². The zero-order chi connectivity index (χ0) is 13.0. The van der Waals surface area contributed by atoms with E-state index in [-0.39, 0.29) is 11.3 Å². The number of methoxy groups -OCH3 is 1. The molecule has 7 heteroatoms. The van der Waals surface area contributed by atoms with Crippen LogP contribution in [0.1, 0.15) is 23.0 Å². The third-order valence-corrected chi connectivity index (χ3v) is 3.69. The zero-order valence-electron chi connectivity index (χ0n) is 9.94. The molecule has 17 heavy (non-hydrogen) atoms. The van der Waals surface area contributed by atoms with Gasteiger partial charge in [0.25, 0.3) is 0 Å². The van der Waals surface area contributed by atoms with E-state index < -0.39 is 5.97 Å². The van der Waals surface area contributed by atoms with Crippen LogP contribution >= 0.6 is 22.9 Å². The van der Waals surface area contributed by atoms with Gasteiger partial charge in [0.05, 0.1) is 13.2 Å². The third-order valence-electron chi connectivity index (χ3n) is 2.15. The fourth-order valence-corrected chi connectivity index (χ4v) is 2.34. The van der Waals surface area contributed by atoms with Crippen LogP contribution in [0.3, 0.4) is 0 Å². The van der Waals surface area contributed by atoms with Crippen LogP contribution in [0.25, 0.3) is 0 Å². The number of thiazole rings is 1. The Balaban J connectivity index is 2.75. The maximum absolute atomic E-state index is 11.3. The Morgan fingerprint density at radius 1 is 1.71 bits per heavy atom. The minimum atomic E-state index is -0.484. The summed E-state index contributed by atoms with van der Waals surface area (Å²) in [6.45, 7) is 2.37. The highest BCUT2D eigenvalue weighted by molar-refractivity contribution is 7.18. The number of carbonyl (C=O) groups excluding carboxylic acids is 1. The summed E-state index contributed by atoms with van der Waals surface area (Å²) in [6.07, 6.45) is 0.259. The summed E-state index contributed by atoms with van der Waals surface area (Å²) in [6, 6.07) is 0. The number of esters is 1. The molecule has 0 spiro atoms. The van der Waals surface area contributed by atoms with Crippen LogP contribution in [0.15, 0.2) is 0 Å². The average molecular weight is 279 g/mol. The van der Waals surface area contributed by atoms with Crippen LogP contribution < -0.4 is 4.90 Å². The van der Waals surface area contributed by atoms with E-state index in [1.165, 1.54) is 18.4 Å². The summed E-state index contributed by atoms with van der Waals surface area (Å²) in [5.74, 6) is -0.484. The van der Waals surface area contributed by atoms with Crippen molar-refractivity contribution in [1.29, 1.82) is 0 Å². The first-order valence-electron chi connectivity index (χ1n) is 5.09. The molecule has 0 radical (unpaired) electrons. The van der Waals surface area contributed by atoms with Gasteiger partial charge in [-0.1, -0.05) is 22.9 Å². The smallest absolute Gasteiger partial charge is 0.351 e. The van der Waals surface area contributed by atoms with Crippen molar-refractivity contribution >= 4 is 34.0 Å². The SMILES string of the molecule is COC(=O)c1sc(N(C)CCC(C)O)nc1Cl. The van der Waals surface area contributed by atoms with Gasteiger partial charge in [-0.15, -0.1) is 0 Å². The lowest BCUT2D eigenvalue weighted by atomic mass is 10.3. The zero-order valence-corrected chi connectivity index (χ0v) is 11.5. The number of carbonyl (C=O) groups is 1. The van der Waals surface area contributed by atoms with Gasteiger partial charge < -0.3 is 14.7 Å². The molecular formula is C10H15ClN2O3S. The molecule has 0 aliphatic carbocycles. The Kier molecular flexibility index (Phi) is 5.17. The van der Waals surface area contributed by atoms with Crippen LogP contribution in [0.4, 0.5) is 5.13 Å². The molecule has 0 saturated heterocycles. The normalized spacial score (nSPS) is 12.3. The summed E-state index contributed by atoms with van der Waals surface area (Å²) in [5.41, 5.74) is 0. The van der Waals surface area contributed by atoms with E-state index in [2.05, 4.69) is 9.72 Å². The minimum Gasteiger partial charge on any atom is -0.465 e. The van der Waals surface area contributed by atoms with E-state index in [0.29, 0.717) is 23.0 Å². The van der Waals surface area contributed by atoms with Gasteiger partial charge >= 0.3 is 5.97 Å². The van der Waals surface area contributed by atoms with Crippen molar-refractivity contribution in [3.05, 3.63) is 10.0 Å². The summed E-state index contributed by atoms with van der Waals surface area (Å²) < 4.78 is 4.60. The van der Waals surface area contributed by atoms with Crippen molar-refractivity contribution in [2.45, 2.75) is 19.4 Å². The molecule has 1 aromatic heterocycles. The topological polar surface area (TPSA) is 62.7 Å². The van der Waals surface area contributed by atoms with Crippen molar-refractivity contribution in [3.63, 3.8) is 0 Å². The molecule has 0 bridgehead atoms. The van der Waals surface area contributed by atoms with Gasteiger partial charge in [0.1, 0.15) is 0 Å². The van der Waals surface area contributed by atoms with E-state index in [9.17, 15) is 9.90 Å².